The lowest BCUT2D eigenvalue weighted by molar-refractivity contribution is 0.106. The molecule has 0 saturated carbocycles. The fraction of sp³-hybridized carbons (Fsp3) is 0.722. The zero-order chi connectivity index (χ0) is 18.7. The Balaban J connectivity index is 1.70. The second-order valence-electron chi connectivity index (χ2n) is 7.68. The molecule has 3 rings (SSSR count). The minimum Gasteiger partial charge on any atom is -0.353 e. The monoisotopic (exact) mass is 381 g/mol. The summed E-state index contributed by atoms with van der Waals surface area (Å²) in [6.07, 6.45) is 4.18. The predicted molar refractivity (Wildman–Crippen MR) is 104 cm³/mol. The van der Waals surface area contributed by atoms with E-state index in [4.69, 9.17) is 0 Å². The molecule has 0 radical (unpaired) electrons. The number of nitrogens with one attached hydrogen (secondary N) is 1. The molecule has 0 unspecified atom stereocenters. The van der Waals surface area contributed by atoms with Crippen molar-refractivity contribution in [3.05, 3.63) is 18.3 Å². The van der Waals surface area contributed by atoms with Gasteiger partial charge in [-0.05, 0) is 52.4 Å². The number of piperidine rings is 1. The summed E-state index contributed by atoms with van der Waals surface area (Å²) in [6, 6.07) is 3.81. The van der Waals surface area contributed by atoms with Gasteiger partial charge in [-0.15, -0.1) is 0 Å². The maximum Gasteiger partial charge on any atom is 0.244 e. The van der Waals surface area contributed by atoms with Gasteiger partial charge in [-0.2, -0.15) is 0 Å². The largest absolute Gasteiger partial charge is 0.353 e. The lowest BCUT2D eigenvalue weighted by atomic mass is 10.0. The van der Waals surface area contributed by atoms with E-state index in [0.717, 1.165) is 32.7 Å². The maximum atomic E-state index is 12.7. The number of pyridine rings is 1. The summed E-state index contributed by atoms with van der Waals surface area (Å²) < 4.78 is 28.0. The van der Waals surface area contributed by atoms with E-state index >= 15 is 0 Å². The van der Waals surface area contributed by atoms with E-state index in [9.17, 15) is 8.42 Å². The summed E-state index contributed by atoms with van der Waals surface area (Å²) in [5.74, 6) is 0.570. The topological polar surface area (TPSA) is 68.8 Å². The van der Waals surface area contributed by atoms with E-state index in [1.807, 2.05) is 13.8 Å². The highest BCUT2D eigenvalue weighted by atomic mass is 32.2. The van der Waals surface area contributed by atoms with Crippen LogP contribution in [0.5, 0.6) is 0 Å². The summed E-state index contributed by atoms with van der Waals surface area (Å²) in [6.45, 7) is 9.48. The highest BCUT2D eigenvalue weighted by Gasteiger charge is 2.30. The first-order chi connectivity index (χ1) is 12.4. The molecule has 26 heavy (non-hydrogen) atoms. The molecule has 7 nitrogen and oxygen atoms in total. The van der Waals surface area contributed by atoms with Gasteiger partial charge in [-0.1, -0.05) is 0 Å². The first-order valence-electron chi connectivity index (χ1n) is 9.51. The molecule has 2 aliphatic rings. The zero-order valence-electron chi connectivity index (χ0n) is 16.1. The van der Waals surface area contributed by atoms with E-state index in [-0.39, 0.29) is 10.9 Å². The van der Waals surface area contributed by atoms with Gasteiger partial charge in [-0.25, -0.2) is 18.1 Å². The van der Waals surface area contributed by atoms with Crippen LogP contribution in [0.15, 0.2) is 23.2 Å². The second-order valence-corrected chi connectivity index (χ2v) is 9.36. The van der Waals surface area contributed by atoms with Crippen LogP contribution in [0.3, 0.4) is 0 Å². The first kappa shape index (κ1) is 19.5. The third-order valence-corrected chi connectivity index (χ3v) is 6.84. The van der Waals surface area contributed by atoms with Gasteiger partial charge in [0.25, 0.3) is 0 Å². The van der Waals surface area contributed by atoms with Crippen LogP contribution in [0.4, 0.5) is 5.82 Å². The first-order valence-corrected chi connectivity index (χ1v) is 11.0. The zero-order valence-corrected chi connectivity index (χ0v) is 16.9. The normalized spacial score (nSPS) is 23.5. The molecule has 0 spiro atoms. The molecule has 2 aliphatic heterocycles. The smallest absolute Gasteiger partial charge is 0.244 e. The minimum absolute atomic E-state index is 0.145. The van der Waals surface area contributed by atoms with Crippen molar-refractivity contribution in [3.8, 4) is 0 Å². The average Bonchev–Trinajstić information content (AvgIpc) is 2.61. The fourth-order valence-corrected chi connectivity index (χ4v) is 5.37. The molecular weight excluding hydrogens is 350 g/mol. The summed E-state index contributed by atoms with van der Waals surface area (Å²) in [7, 11) is -1.37. The summed E-state index contributed by atoms with van der Waals surface area (Å²) in [5.41, 5.74) is 0. The van der Waals surface area contributed by atoms with E-state index in [2.05, 4.69) is 31.5 Å². The molecule has 1 atom stereocenters. The van der Waals surface area contributed by atoms with Crippen LogP contribution in [0, 0.1) is 0 Å². The van der Waals surface area contributed by atoms with E-state index < -0.39 is 10.0 Å². The quantitative estimate of drug-likeness (QED) is 0.820. The number of sulfonamides is 1. The van der Waals surface area contributed by atoms with Crippen LogP contribution in [-0.4, -0.2) is 81.6 Å². The van der Waals surface area contributed by atoms with Gasteiger partial charge in [-0.3, -0.25) is 4.90 Å². The van der Waals surface area contributed by atoms with Crippen molar-refractivity contribution in [1.29, 1.82) is 0 Å². The molecule has 146 valence electrons. The fourth-order valence-electron chi connectivity index (χ4n) is 3.94. The van der Waals surface area contributed by atoms with Crippen molar-refractivity contribution in [2.24, 2.45) is 0 Å². The number of rotatable bonds is 5. The molecule has 2 saturated heterocycles. The Morgan fingerprint density at radius 3 is 2.58 bits per heavy atom. The van der Waals surface area contributed by atoms with Crippen molar-refractivity contribution >= 4 is 15.8 Å². The molecule has 8 heteroatoms. The number of anilines is 1. The van der Waals surface area contributed by atoms with Crippen molar-refractivity contribution in [2.75, 3.05) is 51.2 Å². The number of piperazine rings is 1. The van der Waals surface area contributed by atoms with E-state index in [1.165, 1.54) is 19.4 Å². The Labute approximate surface area is 157 Å². The Kier molecular flexibility index (Phi) is 6.17. The summed E-state index contributed by atoms with van der Waals surface area (Å²) in [4.78, 5) is 11.7. The molecule has 3 heterocycles. The average molecular weight is 382 g/mol. The van der Waals surface area contributed by atoms with Gasteiger partial charge < -0.3 is 9.80 Å². The van der Waals surface area contributed by atoms with Crippen LogP contribution in [0.25, 0.3) is 0 Å². The Bertz CT molecular complexity index is 701. The van der Waals surface area contributed by atoms with Crippen LogP contribution in [0.1, 0.15) is 26.7 Å². The number of likely N-dealkylation sites (tertiary alicyclic amines) is 1. The van der Waals surface area contributed by atoms with Gasteiger partial charge in [0.05, 0.1) is 0 Å². The van der Waals surface area contributed by atoms with Crippen molar-refractivity contribution in [1.82, 2.24) is 19.5 Å². The molecule has 0 aliphatic carbocycles. The Morgan fingerprint density at radius 2 is 1.92 bits per heavy atom. The standard InChI is InChI=1S/C18H31N5O2S/c1-15(2)20-26(24,25)17-7-4-8-19-18(17)23-12-10-22(11-13-23)16-6-5-9-21(3)14-16/h4,7-8,15-16,20H,5-6,9-14H2,1-3H3/t16-/m1/s1. The SMILES string of the molecule is CC(C)NS(=O)(=O)c1cccnc1N1CCN([C@@H]2CCCN(C)C2)CC1. The number of aromatic nitrogens is 1. The minimum atomic E-state index is -3.56. The van der Waals surface area contributed by atoms with Gasteiger partial charge in [0.1, 0.15) is 10.7 Å². The highest BCUT2D eigenvalue weighted by molar-refractivity contribution is 7.89. The van der Waals surface area contributed by atoms with Crippen LogP contribution < -0.4 is 9.62 Å². The third kappa shape index (κ3) is 4.54. The number of hydrogen-bond acceptors (Lipinski definition) is 6. The molecule has 0 bridgehead atoms. The second kappa shape index (κ2) is 8.21. The Morgan fingerprint density at radius 1 is 1.19 bits per heavy atom. The maximum absolute atomic E-state index is 12.7. The summed E-state index contributed by atoms with van der Waals surface area (Å²) >= 11 is 0. The van der Waals surface area contributed by atoms with Gasteiger partial charge >= 0.3 is 0 Å². The number of likely N-dealkylation sites (N-methyl/N-ethyl adjacent to an activating group) is 1. The lowest BCUT2D eigenvalue weighted by Gasteiger charge is -2.43. The highest BCUT2D eigenvalue weighted by Crippen LogP contribution is 2.25. The molecule has 0 aromatic carbocycles. The number of hydrogen-bond donors (Lipinski definition) is 1. The van der Waals surface area contributed by atoms with Crippen LogP contribution >= 0.6 is 0 Å². The molecule has 0 amide bonds. The van der Waals surface area contributed by atoms with Crippen molar-refractivity contribution < 1.29 is 8.42 Å². The molecular formula is C18H31N5O2S. The van der Waals surface area contributed by atoms with Crippen molar-refractivity contribution in [2.45, 2.75) is 43.7 Å². The van der Waals surface area contributed by atoms with Crippen molar-refractivity contribution in [3.63, 3.8) is 0 Å². The van der Waals surface area contributed by atoms with Crippen LogP contribution in [0.2, 0.25) is 0 Å². The summed E-state index contributed by atoms with van der Waals surface area (Å²) in [5, 5.41) is 0. The Hall–Kier alpha value is -1.22. The van der Waals surface area contributed by atoms with Gasteiger partial charge in [0.15, 0.2) is 0 Å². The molecule has 1 N–H and O–H groups in total. The van der Waals surface area contributed by atoms with Crippen LogP contribution in [-0.2, 0) is 10.0 Å². The lowest BCUT2D eigenvalue weighted by Crippen LogP contribution is -2.54. The predicted octanol–water partition coefficient (Wildman–Crippen LogP) is 0.985. The molecule has 2 fully saturated rings. The molecule has 1 aromatic heterocycles. The van der Waals surface area contributed by atoms with E-state index in [0.29, 0.717) is 11.9 Å². The van der Waals surface area contributed by atoms with Gasteiger partial charge in [0, 0.05) is 51.0 Å². The van der Waals surface area contributed by atoms with E-state index in [1.54, 1.807) is 18.3 Å². The third-order valence-electron chi connectivity index (χ3n) is 5.16. The van der Waals surface area contributed by atoms with Gasteiger partial charge in [0.2, 0.25) is 10.0 Å². The number of nitrogens with zero attached hydrogens (tertiary/aromatic N) is 4. The molecule has 1 aromatic rings.